The number of H-pyrrole nitrogens is 1. The topological polar surface area (TPSA) is 66.5 Å². The molecule has 0 aliphatic carbocycles. The van der Waals surface area contributed by atoms with Gasteiger partial charge in [0.1, 0.15) is 23.8 Å². The number of fused-ring (bicyclic) bond motifs is 2. The molecule has 0 atom stereocenters. The van der Waals surface area contributed by atoms with E-state index in [1.165, 1.54) is 0 Å². The van der Waals surface area contributed by atoms with Crippen LogP contribution in [0, 0.1) is 11.6 Å². The summed E-state index contributed by atoms with van der Waals surface area (Å²) in [5.41, 5.74) is -0.754. The molecule has 0 radical (unpaired) electrons. The quantitative estimate of drug-likeness (QED) is 0.286. The van der Waals surface area contributed by atoms with Crippen molar-refractivity contribution in [1.29, 1.82) is 0 Å². The van der Waals surface area contributed by atoms with Gasteiger partial charge in [0.25, 0.3) is 0 Å². The van der Waals surface area contributed by atoms with Gasteiger partial charge in [-0.3, -0.25) is 5.10 Å². The van der Waals surface area contributed by atoms with Crippen molar-refractivity contribution >= 4 is 33.4 Å². The lowest BCUT2D eigenvalue weighted by atomic mass is 10.0. The van der Waals surface area contributed by atoms with Crippen molar-refractivity contribution in [3.05, 3.63) is 77.4 Å². The van der Waals surface area contributed by atoms with Crippen LogP contribution in [0.3, 0.4) is 0 Å². The summed E-state index contributed by atoms with van der Waals surface area (Å²) in [6, 6.07) is 11.2. The molecule has 2 N–H and O–H groups in total. The Hall–Kier alpha value is -4.15. The molecule has 0 spiro atoms. The van der Waals surface area contributed by atoms with Gasteiger partial charge in [0, 0.05) is 17.0 Å². The highest BCUT2D eigenvalue weighted by Crippen LogP contribution is 2.35. The zero-order valence-electron chi connectivity index (χ0n) is 17.0. The van der Waals surface area contributed by atoms with Crippen LogP contribution in [-0.2, 0) is 12.9 Å². The lowest BCUT2D eigenvalue weighted by molar-refractivity contribution is -0.137. The third kappa shape index (κ3) is 3.78. The molecule has 172 valence electrons. The average molecular weight is 473 g/mol. The van der Waals surface area contributed by atoms with Crippen molar-refractivity contribution in [3.8, 4) is 11.4 Å². The van der Waals surface area contributed by atoms with E-state index in [2.05, 4.69) is 25.5 Å². The van der Waals surface area contributed by atoms with Crippen LogP contribution in [0.2, 0.25) is 0 Å². The third-order valence-electron chi connectivity index (χ3n) is 5.25. The maximum atomic E-state index is 14.1. The molecule has 34 heavy (non-hydrogen) atoms. The van der Waals surface area contributed by atoms with Crippen molar-refractivity contribution in [2.45, 2.75) is 12.9 Å². The number of nitrogens with zero attached hydrogens (tertiary/aromatic N) is 3. The summed E-state index contributed by atoms with van der Waals surface area (Å²) in [5, 5.41) is 10.0. The van der Waals surface area contributed by atoms with Crippen molar-refractivity contribution in [2.75, 3.05) is 5.32 Å². The summed E-state index contributed by atoms with van der Waals surface area (Å²) in [7, 11) is 0. The lowest BCUT2D eigenvalue weighted by Crippen LogP contribution is -2.07. The molecule has 3 aromatic carbocycles. The van der Waals surface area contributed by atoms with Crippen molar-refractivity contribution in [3.63, 3.8) is 0 Å². The molecule has 2 aromatic heterocycles. The molecule has 5 nitrogen and oxygen atoms in total. The predicted octanol–water partition coefficient (Wildman–Crippen LogP) is 6.68. The van der Waals surface area contributed by atoms with E-state index in [-0.39, 0.29) is 39.5 Å². The van der Waals surface area contributed by atoms with E-state index in [0.717, 1.165) is 18.2 Å². The van der Waals surface area contributed by atoms with Crippen LogP contribution in [0.4, 0.5) is 38.0 Å². The van der Waals surface area contributed by atoms with Gasteiger partial charge in [-0.2, -0.15) is 18.3 Å². The number of aromatic amines is 1. The standard InChI is InChI=1S/C23H13F6N5/c24-10-11-7-12(23(27,28)29)5-6-14(11)20-30-18-4-2-1-3-15(18)21(31-20)32-22-16-8-13(25)9-17(26)19(16)33-34-22/h1-9H,10H2,(H2,30,31,32,33,34). The van der Waals surface area contributed by atoms with Gasteiger partial charge in [0.2, 0.25) is 0 Å². The highest BCUT2D eigenvalue weighted by molar-refractivity contribution is 5.97. The van der Waals surface area contributed by atoms with E-state index in [1.54, 1.807) is 24.3 Å². The smallest absolute Gasteiger partial charge is 0.322 e. The molecular weight excluding hydrogens is 460 g/mol. The van der Waals surface area contributed by atoms with Crippen LogP contribution in [-0.4, -0.2) is 20.2 Å². The first-order chi connectivity index (χ1) is 16.2. The van der Waals surface area contributed by atoms with Crippen LogP contribution in [0.15, 0.2) is 54.6 Å². The second kappa shape index (κ2) is 8.01. The summed E-state index contributed by atoms with van der Waals surface area (Å²) in [4.78, 5) is 8.77. The van der Waals surface area contributed by atoms with Crippen LogP contribution >= 0.6 is 0 Å². The molecule has 0 unspecified atom stereocenters. The molecule has 5 rings (SSSR count). The monoisotopic (exact) mass is 473 g/mol. The summed E-state index contributed by atoms with van der Waals surface area (Å²) in [6.07, 6.45) is -4.63. The number of alkyl halides is 4. The van der Waals surface area contributed by atoms with E-state index in [9.17, 15) is 26.3 Å². The molecule has 0 aliphatic heterocycles. The van der Waals surface area contributed by atoms with Crippen LogP contribution < -0.4 is 5.32 Å². The minimum absolute atomic E-state index is 0.0232. The van der Waals surface area contributed by atoms with E-state index in [1.807, 2.05) is 0 Å². The molecule has 0 aliphatic rings. The number of benzene rings is 3. The van der Waals surface area contributed by atoms with Gasteiger partial charge in [0.15, 0.2) is 17.5 Å². The first-order valence-corrected chi connectivity index (χ1v) is 9.88. The van der Waals surface area contributed by atoms with Crippen LogP contribution in [0.5, 0.6) is 0 Å². The summed E-state index contributed by atoms with van der Waals surface area (Å²) >= 11 is 0. The number of anilines is 2. The fourth-order valence-electron chi connectivity index (χ4n) is 3.64. The molecule has 0 fully saturated rings. The normalized spacial score (nSPS) is 11.9. The van der Waals surface area contributed by atoms with Gasteiger partial charge in [-0.05, 0) is 35.9 Å². The molecule has 0 bridgehead atoms. The molecule has 5 aromatic rings. The largest absolute Gasteiger partial charge is 0.416 e. The Morgan fingerprint density at radius 1 is 0.882 bits per heavy atom. The molecule has 2 heterocycles. The Labute approximate surface area is 187 Å². The van der Waals surface area contributed by atoms with E-state index in [0.29, 0.717) is 23.0 Å². The van der Waals surface area contributed by atoms with E-state index < -0.39 is 30.0 Å². The predicted molar refractivity (Wildman–Crippen MR) is 114 cm³/mol. The number of rotatable bonds is 4. The first kappa shape index (κ1) is 21.7. The molecule has 0 saturated carbocycles. The number of hydrogen-bond acceptors (Lipinski definition) is 4. The number of halogens is 6. The Morgan fingerprint density at radius 2 is 1.68 bits per heavy atom. The number of nitrogens with one attached hydrogen (secondary N) is 2. The minimum Gasteiger partial charge on any atom is -0.322 e. The SMILES string of the molecule is FCc1cc(C(F)(F)F)ccc1-c1nc(Nc2n[nH]c3c(F)cc(F)cc23)c2ccccc2n1. The Morgan fingerprint density at radius 3 is 2.44 bits per heavy atom. The van der Waals surface area contributed by atoms with Crippen LogP contribution in [0.25, 0.3) is 33.2 Å². The summed E-state index contributed by atoms with van der Waals surface area (Å²) in [6.45, 7) is -1.17. The van der Waals surface area contributed by atoms with Gasteiger partial charge >= 0.3 is 6.18 Å². The zero-order chi connectivity index (χ0) is 24.0. The van der Waals surface area contributed by atoms with Gasteiger partial charge < -0.3 is 5.32 Å². The molecule has 11 heteroatoms. The number of hydrogen-bond donors (Lipinski definition) is 2. The number of para-hydroxylation sites is 1. The van der Waals surface area contributed by atoms with Gasteiger partial charge in [-0.1, -0.05) is 18.2 Å². The Balaban J connectivity index is 1.67. The first-order valence-electron chi connectivity index (χ1n) is 9.88. The van der Waals surface area contributed by atoms with Gasteiger partial charge in [-0.25, -0.2) is 23.1 Å². The van der Waals surface area contributed by atoms with Crippen molar-refractivity contribution in [1.82, 2.24) is 20.2 Å². The van der Waals surface area contributed by atoms with Crippen molar-refractivity contribution in [2.24, 2.45) is 0 Å². The fourth-order valence-corrected chi connectivity index (χ4v) is 3.64. The Bertz CT molecular complexity index is 1540. The maximum Gasteiger partial charge on any atom is 0.416 e. The minimum atomic E-state index is -4.63. The molecular formula is C23H13F6N5. The second-order valence-electron chi connectivity index (χ2n) is 7.42. The number of aromatic nitrogens is 4. The second-order valence-corrected chi connectivity index (χ2v) is 7.42. The highest BCUT2D eigenvalue weighted by atomic mass is 19.4. The van der Waals surface area contributed by atoms with Gasteiger partial charge in [-0.15, -0.1) is 0 Å². The van der Waals surface area contributed by atoms with Crippen LogP contribution in [0.1, 0.15) is 11.1 Å². The van der Waals surface area contributed by atoms with E-state index >= 15 is 0 Å². The lowest BCUT2D eigenvalue weighted by Gasteiger charge is -2.13. The Kier molecular flexibility index (Phi) is 5.11. The van der Waals surface area contributed by atoms with E-state index in [4.69, 9.17) is 0 Å². The van der Waals surface area contributed by atoms with Gasteiger partial charge in [0.05, 0.1) is 16.5 Å². The molecule has 0 saturated heterocycles. The average Bonchev–Trinajstić information content (AvgIpc) is 3.20. The zero-order valence-corrected chi connectivity index (χ0v) is 17.0. The summed E-state index contributed by atoms with van der Waals surface area (Å²) in [5.74, 6) is -1.43. The third-order valence-corrected chi connectivity index (χ3v) is 5.25. The maximum absolute atomic E-state index is 14.1. The van der Waals surface area contributed by atoms with Crippen molar-refractivity contribution < 1.29 is 26.3 Å². The summed E-state index contributed by atoms with van der Waals surface area (Å²) < 4.78 is 80.8. The highest BCUT2D eigenvalue weighted by Gasteiger charge is 2.31. The fraction of sp³-hybridized carbons (Fsp3) is 0.0870. The molecule has 0 amide bonds.